The third-order valence-corrected chi connectivity index (χ3v) is 4.26. The van der Waals surface area contributed by atoms with E-state index in [-0.39, 0.29) is 0 Å². The summed E-state index contributed by atoms with van der Waals surface area (Å²) in [6, 6.07) is 2.09. The van der Waals surface area contributed by atoms with Gasteiger partial charge in [-0.3, -0.25) is 4.90 Å². The summed E-state index contributed by atoms with van der Waals surface area (Å²) in [6.45, 7) is 8.90. The molecule has 0 aromatic carbocycles. The summed E-state index contributed by atoms with van der Waals surface area (Å²) in [5.74, 6) is 0. The van der Waals surface area contributed by atoms with Crippen molar-refractivity contribution in [2.45, 2.75) is 64.1 Å². The van der Waals surface area contributed by atoms with Crippen LogP contribution in [0.5, 0.6) is 0 Å². The standard InChI is InChI=1S/C14H28N2O/c1-3-6-12-10-16(13(4-2)9-15-12)14-7-5-8-17-11-14/h12-15H,3-11H2,1-2H3. The predicted octanol–water partition coefficient (Wildman–Crippen LogP) is 2.02. The monoisotopic (exact) mass is 240 g/mol. The molecule has 3 nitrogen and oxygen atoms in total. The first-order chi connectivity index (χ1) is 8.35. The lowest BCUT2D eigenvalue weighted by molar-refractivity contribution is -0.0167. The lowest BCUT2D eigenvalue weighted by Crippen LogP contribution is -2.60. The summed E-state index contributed by atoms with van der Waals surface area (Å²) in [6.07, 6.45) is 6.41. The molecule has 100 valence electrons. The Morgan fingerprint density at radius 3 is 2.88 bits per heavy atom. The van der Waals surface area contributed by atoms with Crippen molar-refractivity contribution in [3.05, 3.63) is 0 Å². The maximum atomic E-state index is 5.66. The number of ether oxygens (including phenoxy) is 1. The molecule has 2 heterocycles. The van der Waals surface area contributed by atoms with Gasteiger partial charge in [0.2, 0.25) is 0 Å². The van der Waals surface area contributed by atoms with E-state index < -0.39 is 0 Å². The number of hydrogen-bond acceptors (Lipinski definition) is 3. The van der Waals surface area contributed by atoms with Gasteiger partial charge in [0, 0.05) is 37.8 Å². The molecule has 2 saturated heterocycles. The van der Waals surface area contributed by atoms with E-state index in [9.17, 15) is 0 Å². The fraction of sp³-hybridized carbons (Fsp3) is 1.00. The Labute approximate surface area is 106 Å². The van der Waals surface area contributed by atoms with Gasteiger partial charge in [0.25, 0.3) is 0 Å². The molecule has 0 amide bonds. The van der Waals surface area contributed by atoms with Gasteiger partial charge in [0.15, 0.2) is 0 Å². The molecule has 17 heavy (non-hydrogen) atoms. The third kappa shape index (κ3) is 3.43. The molecular weight excluding hydrogens is 212 g/mol. The average Bonchev–Trinajstić information content (AvgIpc) is 2.40. The molecule has 0 spiro atoms. The summed E-state index contributed by atoms with van der Waals surface area (Å²) in [5.41, 5.74) is 0. The van der Waals surface area contributed by atoms with E-state index in [0.29, 0.717) is 12.1 Å². The summed E-state index contributed by atoms with van der Waals surface area (Å²) in [5, 5.41) is 3.71. The Morgan fingerprint density at radius 2 is 2.24 bits per heavy atom. The van der Waals surface area contributed by atoms with Crippen molar-refractivity contribution >= 4 is 0 Å². The van der Waals surface area contributed by atoms with Crippen LogP contribution in [0.1, 0.15) is 46.0 Å². The normalized spacial score (nSPS) is 36.0. The van der Waals surface area contributed by atoms with Gasteiger partial charge in [-0.25, -0.2) is 0 Å². The van der Waals surface area contributed by atoms with Crippen LogP contribution in [0.3, 0.4) is 0 Å². The van der Waals surface area contributed by atoms with Crippen molar-refractivity contribution < 1.29 is 4.74 Å². The Balaban J connectivity index is 1.93. The van der Waals surface area contributed by atoms with Gasteiger partial charge in [-0.1, -0.05) is 20.3 Å². The van der Waals surface area contributed by atoms with E-state index in [1.54, 1.807) is 0 Å². The molecule has 0 saturated carbocycles. The van der Waals surface area contributed by atoms with Crippen LogP contribution < -0.4 is 5.32 Å². The number of rotatable bonds is 4. The van der Waals surface area contributed by atoms with Gasteiger partial charge in [-0.2, -0.15) is 0 Å². The average molecular weight is 240 g/mol. The summed E-state index contributed by atoms with van der Waals surface area (Å²) in [4.78, 5) is 2.73. The molecule has 3 unspecified atom stereocenters. The number of piperazine rings is 1. The molecule has 2 aliphatic rings. The molecule has 1 N–H and O–H groups in total. The van der Waals surface area contributed by atoms with Crippen molar-refractivity contribution in [3.8, 4) is 0 Å². The second-order valence-corrected chi connectivity index (χ2v) is 5.52. The molecule has 0 aromatic rings. The highest BCUT2D eigenvalue weighted by atomic mass is 16.5. The van der Waals surface area contributed by atoms with E-state index in [1.165, 1.54) is 38.6 Å². The first-order valence-electron chi connectivity index (χ1n) is 7.42. The zero-order valence-electron chi connectivity index (χ0n) is 11.5. The Kier molecular flexibility index (Phi) is 5.26. The molecule has 3 heteroatoms. The molecule has 0 aromatic heterocycles. The number of hydrogen-bond donors (Lipinski definition) is 1. The molecule has 0 aliphatic carbocycles. The summed E-state index contributed by atoms with van der Waals surface area (Å²) >= 11 is 0. The zero-order chi connectivity index (χ0) is 12.1. The predicted molar refractivity (Wildman–Crippen MR) is 71.3 cm³/mol. The van der Waals surface area contributed by atoms with E-state index in [1.807, 2.05) is 0 Å². The van der Waals surface area contributed by atoms with Gasteiger partial charge in [-0.15, -0.1) is 0 Å². The first-order valence-corrected chi connectivity index (χ1v) is 7.42. The van der Waals surface area contributed by atoms with Gasteiger partial charge in [0.1, 0.15) is 0 Å². The molecular formula is C14H28N2O. The second kappa shape index (κ2) is 6.72. The molecule has 0 bridgehead atoms. The Bertz CT molecular complexity index is 216. The lowest BCUT2D eigenvalue weighted by atomic mass is 9.98. The fourth-order valence-electron chi connectivity index (χ4n) is 3.24. The SMILES string of the molecule is CCCC1CN(C2CCCOC2)C(CC)CN1. The quantitative estimate of drug-likeness (QED) is 0.813. The van der Waals surface area contributed by atoms with Crippen LogP contribution in [0.25, 0.3) is 0 Å². The van der Waals surface area contributed by atoms with Crippen LogP contribution >= 0.6 is 0 Å². The van der Waals surface area contributed by atoms with Crippen LogP contribution in [-0.4, -0.2) is 49.3 Å². The van der Waals surface area contributed by atoms with Crippen LogP contribution in [0.2, 0.25) is 0 Å². The van der Waals surface area contributed by atoms with Crippen molar-refractivity contribution in [1.29, 1.82) is 0 Å². The zero-order valence-corrected chi connectivity index (χ0v) is 11.5. The Hall–Kier alpha value is -0.120. The molecule has 3 atom stereocenters. The van der Waals surface area contributed by atoms with E-state index in [4.69, 9.17) is 4.74 Å². The maximum absolute atomic E-state index is 5.66. The summed E-state index contributed by atoms with van der Waals surface area (Å²) in [7, 11) is 0. The minimum absolute atomic E-state index is 0.676. The van der Waals surface area contributed by atoms with Crippen molar-refractivity contribution in [2.75, 3.05) is 26.3 Å². The maximum Gasteiger partial charge on any atom is 0.0621 e. The highest BCUT2D eigenvalue weighted by Gasteiger charge is 2.32. The van der Waals surface area contributed by atoms with Crippen molar-refractivity contribution in [1.82, 2.24) is 10.2 Å². The Morgan fingerprint density at radius 1 is 1.35 bits per heavy atom. The van der Waals surface area contributed by atoms with Gasteiger partial charge in [-0.05, 0) is 25.7 Å². The van der Waals surface area contributed by atoms with Crippen LogP contribution in [-0.2, 0) is 4.74 Å². The minimum atomic E-state index is 0.676. The molecule has 2 aliphatic heterocycles. The topological polar surface area (TPSA) is 24.5 Å². The highest BCUT2D eigenvalue weighted by molar-refractivity contribution is 4.89. The number of nitrogens with one attached hydrogen (secondary N) is 1. The van der Waals surface area contributed by atoms with Crippen LogP contribution in [0.15, 0.2) is 0 Å². The highest BCUT2D eigenvalue weighted by Crippen LogP contribution is 2.21. The van der Waals surface area contributed by atoms with E-state index in [0.717, 1.165) is 25.8 Å². The van der Waals surface area contributed by atoms with Crippen LogP contribution in [0.4, 0.5) is 0 Å². The third-order valence-electron chi connectivity index (χ3n) is 4.26. The van der Waals surface area contributed by atoms with Crippen LogP contribution in [0, 0.1) is 0 Å². The van der Waals surface area contributed by atoms with Crippen molar-refractivity contribution in [2.24, 2.45) is 0 Å². The smallest absolute Gasteiger partial charge is 0.0621 e. The lowest BCUT2D eigenvalue weighted by Gasteiger charge is -2.45. The fourth-order valence-corrected chi connectivity index (χ4v) is 3.24. The minimum Gasteiger partial charge on any atom is -0.380 e. The van der Waals surface area contributed by atoms with Crippen molar-refractivity contribution in [3.63, 3.8) is 0 Å². The molecule has 2 fully saturated rings. The molecule has 2 rings (SSSR count). The van der Waals surface area contributed by atoms with E-state index >= 15 is 0 Å². The molecule has 0 radical (unpaired) electrons. The number of nitrogens with zero attached hydrogens (tertiary/aromatic N) is 1. The van der Waals surface area contributed by atoms with Gasteiger partial charge >= 0.3 is 0 Å². The van der Waals surface area contributed by atoms with Gasteiger partial charge in [0.05, 0.1) is 6.61 Å². The summed E-state index contributed by atoms with van der Waals surface area (Å²) < 4.78 is 5.66. The van der Waals surface area contributed by atoms with E-state index in [2.05, 4.69) is 24.1 Å². The largest absolute Gasteiger partial charge is 0.380 e. The van der Waals surface area contributed by atoms with Gasteiger partial charge < -0.3 is 10.1 Å². The first kappa shape index (κ1) is 13.3. The second-order valence-electron chi connectivity index (χ2n) is 5.52.